The number of hydrogen-bond donors (Lipinski definition) is 0. The highest BCUT2D eigenvalue weighted by Crippen LogP contribution is 2.32. The Kier molecular flexibility index (Phi) is 10.3. The van der Waals surface area contributed by atoms with Crippen LogP contribution in [0.25, 0.3) is 0 Å². The summed E-state index contributed by atoms with van der Waals surface area (Å²) in [6.07, 6.45) is 9.01. The number of alkyl halides is 2. The van der Waals surface area contributed by atoms with Gasteiger partial charge in [-0.25, -0.2) is 0 Å². The van der Waals surface area contributed by atoms with Gasteiger partial charge in [-0.15, -0.1) is 18.0 Å². The highest BCUT2D eigenvalue weighted by atomic mass is 79.9. The average molecular weight is 450 g/mol. The number of esters is 2. The number of halogens is 2. The van der Waals surface area contributed by atoms with Crippen LogP contribution in [0.15, 0.2) is 12.2 Å². The number of hydrogen-bond acceptors (Lipinski definition) is 5. The Morgan fingerprint density at radius 1 is 1.31 bits per heavy atom. The third kappa shape index (κ3) is 7.69. The molecule has 0 spiro atoms. The van der Waals surface area contributed by atoms with Crippen molar-refractivity contribution in [2.45, 2.75) is 81.1 Å². The Bertz CT molecular complexity index is 545. The molecule has 0 aromatic carbocycles. The number of carbonyl (C=O) groups excluding carboxylic acids is 2. The van der Waals surface area contributed by atoms with E-state index in [2.05, 4.69) is 21.9 Å². The van der Waals surface area contributed by atoms with Crippen LogP contribution in [-0.4, -0.2) is 46.6 Å². The van der Waals surface area contributed by atoms with Crippen LogP contribution >= 0.6 is 27.5 Å². The van der Waals surface area contributed by atoms with E-state index in [-0.39, 0.29) is 17.0 Å². The molecule has 0 radical (unpaired) electrons. The molecule has 0 amide bonds. The van der Waals surface area contributed by atoms with Gasteiger partial charge in [0.2, 0.25) is 0 Å². The maximum Gasteiger partial charge on any atom is 0.302 e. The summed E-state index contributed by atoms with van der Waals surface area (Å²) in [6, 6.07) is 0. The minimum absolute atomic E-state index is 0.0413. The fraction of sp³-hybridized carbons (Fsp3) is 0.684. The molecular weight excluding hydrogens is 424 g/mol. The van der Waals surface area contributed by atoms with E-state index in [0.717, 1.165) is 6.42 Å². The third-order valence-corrected chi connectivity index (χ3v) is 5.80. The molecule has 7 heteroatoms. The van der Waals surface area contributed by atoms with Crippen LogP contribution in [-0.2, 0) is 23.8 Å². The second kappa shape index (κ2) is 11.6. The summed E-state index contributed by atoms with van der Waals surface area (Å²) in [5, 5.41) is -0.495. The van der Waals surface area contributed by atoms with E-state index in [1.54, 1.807) is 6.08 Å². The molecule has 1 fully saturated rings. The molecule has 0 N–H and O–H groups in total. The first kappa shape index (κ1) is 23.0. The van der Waals surface area contributed by atoms with Gasteiger partial charge in [-0.3, -0.25) is 9.59 Å². The molecule has 146 valence electrons. The van der Waals surface area contributed by atoms with Gasteiger partial charge in [0.25, 0.3) is 0 Å². The normalized spacial score (nSPS) is 30.7. The summed E-state index contributed by atoms with van der Waals surface area (Å²) in [5.41, 5.74) is 0. The first-order valence-corrected chi connectivity index (χ1v) is 10.0. The van der Waals surface area contributed by atoms with Gasteiger partial charge in [-0.2, -0.15) is 0 Å². The highest BCUT2D eigenvalue weighted by molar-refractivity contribution is 9.09. The molecule has 6 atom stereocenters. The maximum atomic E-state index is 11.6. The number of carbonyl (C=O) groups is 2. The maximum absolute atomic E-state index is 11.6. The van der Waals surface area contributed by atoms with Crippen LogP contribution in [0.3, 0.4) is 0 Å². The van der Waals surface area contributed by atoms with Crippen LogP contribution in [0, 0.1) is 12.3 Å². The zero-order valence-corrected chi connectivity index (χ0v) is 17.7. The molecule has 1 heterocycles. The Labute approximate surface area is 168 Å². The molecule has 26 heavy (non-hydrogen) atoms. The van der Waals surface area contributed by atoms with Gasteiger partial charge < -0.3 is 14.2 Å². The fourth-order valence-corrected chi connectivity index (χ4v) is 3.59. The van der Waals surface area contributed by atoms with Crippen LogP contribution in [0.1, 0.15) is 46.5 Å². The predicted octanol–water partition coefficient (Wildman–Crippen LogP) is 3.76. The van der Waals surface area contributed by atoms with Gasteiger partial charge in [-0.05, 0) is 18.9 Å². The Hall–Kier alpha value is -1.03. The van der Waals surface area contributed by atoms with E-state index >= 15 is 0 Å². The van der Waals surface area contributed by atoms with E-state index in [4.69, 9.17) is 32.2 Å². The molecule has 0 aromatic rings. The van der Waals surface area contributed by atoms with Gasteiger partial charge in [-0.1, -0.05) is 34.9 Å². The number of allylic oxidation sites excluding steroid dienone is 1. The van der Waals surface area contributed by atoms with Crippen molar-refractivity contribution in [3.63, 3.8) is 0 Å². The molecule has 0 unspecified atom stereocenters. The number of terminal acetylenes is 1. The van der Waals surface area contributed by atoms with Crippen molar-refractivity contribution in [2.75, 3.05) is 0 Å². The summed E-state index contributed by atoms with van der Waals surface area (Å²) in [5.74, 6) is 1.62. The second-order valence-corrected chi connectivity index (χ2v) is 7.96. The van der Waals surface area contributed by atoms with Gasteiger partial charge in [0.05, 0.1) is 17.6 Å². The monoisotopic (exact) mass is 448 g/mol. The van der Waals surface area contributed by atoms with Gasteiger partial charge >= 0.3 is 11.9 Å². The van der Waals surface area contributed by atoms with Crippen molar-refractivity contribution in [1.82, 2.24) is 0 Å². The van der Waals surface area contributed by atoms with Crippen molar-refractivity contribution in [3.05, 3.63) is 12.2 Å². The molecule has 1 rings (SSSR count). The van der Waals surface area contributed by atoms with Crippen molar-refractivity contribution in [2.24, 2.45) is 0 Å². The molecule has 1 aliphatic rings. The first-order valence-electron chi connectivity index (χ1n) is 8.67. The van der Waals surface area contributed by atoms with E-state index in [9.17, 15) is 9.59 Å². The summed E-state index contributed by atoms with van der Waals surface area (Å²) in [4.78, 5) is 23.1. The number of rotatable bonds is 6. The molecule has 1 aliphatic heterocycles. The summed E-state index contributed by atoms with van der Waals surface area (Å²) >= 11 is 10.2. The Balaban J connectivity index is 3.12. The lowest BCUT2D eigenvalue weighted by Gasteiger charge is -2.38. The highest BCUT2D eigenvalue weighted by Gasteiger charge is 2.39. The Morgan fingerprint density at radius 3 is 2.46 bits per heavy atom. The Morgan fingerprint density at radius 2 is 1.92 bits per heavy atom. The molecule has 1 saturated heterocycles. The van der Waals surface area contributed by atoms with Crippen LogP contribution < -0.4 is 0 Å². The lowest BCUT2D eigenvalue weighted by molar-refractivity contribution is -0.169. The zero-order valence-electron chi connectivity index (χ0n) is 15.3. The van der Waals surface area contributed by atoms with Gasteiger partial charge in [0, 0.05) is 31.5 Å². The second-order valence-electron chi connectivity index (χ2n) is 6.23. The van der Waals surface area contributed by atoms with E-state index in [1.165, 1.54) is 13.8 Å². The van der Waals surface area contributed by atoms with Crippen molar-refractivity contribution < 1.29 is 23.8 Å². The molecule has 0 aromatic heterocycles. The zero-order chi connectivity index (χ0) is 19.7. The van der Waals surface area contributed by atoms with Crippen LogP contribution in [0.2, 0.25) is 0 Å². The standard InChI is InChI=1S/C19H26BrClO5/c1-5-7-8-9-16-19(25-13(4)23)10-15(21)18(24-12(3)22)11-17(26-16)14(20)6-2/h1,7-8,14-19H,6,9-11H2,2-4H3/b8-7-/t14-,15-,16-,17+,18-,19+/m0/s1. The topological polar surface area (TPSA) is 61.8 Å². The van der Waals surface area contributed by atoms with E-state index < -0.39 is 29.5 Å². The van der Waals surface area contributed by atoms with E-state index in [1.807, 2.05) is 13.0 Å². The molecular formula is C19H26BrClO5. The lowest BCUT2D eigenvalue weighted by Crippen LogP contribution is -2.47. The SMILES string of the molecule is C#C/C=C\C[C@@H]1O[C@@H]([C@@H](Br)CC)C[C@H](OC(C)=O)[C@@H](Cl)C[C@H]1OC(C)=O. The molecule has 0 bridgehead atoms. The van der Waals surface area contributed by atoms with Crippen molar-refractivity contribution in [1.29, 1.82) is 0 Å². The van der Waals surface area contributed by atoms with E-state index in [0.29, 0.717) is 19.3 Å². The minimum Gasteiger partial charge on any atom is -0.461 e. The smallest absolute Gasteiger partial charge is 0.302 e. The summed E-state index contributed by atoms with van der Waals surface area (Å²) < 4.78 is 17.1. The average Bonchev–Trinajstić information content (AvgIpc) is 2.56. The van der Waals surface area contributed by atoms with Crippen LogP contribution in [0.5, 0.6) is 0 Å². The summed E-state index contributed by atoms with van der Waals surface area (Å²) in [6.45, 7) is 4.72. The predicted molar refractivity (Wildman–Crippen MR) is 104 cm³/mol. The summed E-state index contributed by atoms with van der Waals surface area (Å²) in [7, 11) is 0. The van der Waals surface area contributed by atoms with Crippen LogP contribution in [0.4, 0.5) is 0 Å². The fourth-order valence-electron chi connectivity index (χ4n) is 2.92. The molecule has 0 saturated carbocycles. The van der Waals surface area contributed by atoms with Gasteiger partial charge in [0.15, 0.2) is 0 Å². The van der Waals surface area contributed by atoms with Crippen molar-refractivity contribution >= 4 is 39.5 Å². The largest absolute Gasteiger partial charge is 0.461 e. The van der Waals surface area contributed by atoms with Gasteiger partial charge in [0.1, 0.15) is 12.2 Å². The molecule has 0 aliphatic carbocycles. The number of ether oxygens (including phenoxy) is 3. The first-order chi connectivity index (χ1) is 12.3. The quantitative estimate of drug-likeness (QED) is 0.351. The third-order valence-electron chi connectivity index (χ3n) is 4.10. The lowest BCUT2D eigenvalue weighted by atomic mass is 9.95. The molecule has 5 nitrogen and oxygen atoms in total. The van der Waals surface area contributed by atoms with Crippen molar-refractivity contribution in [3.8, 4) is 12.3 Å². The minimum atomic E-state index is -0.560.